The van der Waals surface area contributed by atoms with Crippen LogP contribution in [0.25, 0.3) is 6.08 Å². The van der Waals surface area contributed by atoms with Gasteiger partial charge in [-0.05, 0) is 35.8 Å². The van der Waals surface area contributed by atoms with Crippen LogP contribution in [0.5, 0.6) is 0 Å². The Kier molecular flexibility index (Phi) is 5.76. The minimum absolute atomic E-state index is 0.0651. The van der Waals surface area contributed by atoms with Crippen molar-refractivity contribution in [2.75, 3.05) is 6.54 Å². The maximum Gasteiger partial charge on any atom is 0.261 e. The number of nitrogens with zero attached hydrogens (tertiary/aromatic N) is 1. The zero-order valence-electron chi connectivity index (χ0n) is 11.9. The first-order valence-electron chi connectivity index (χ1n) is 6.88. The van der Waals surface area contributed by atoms with E-state index in [1.165, 1.54) is 6.08 Å². The van der Waals surface area contributed by atoms with Gasteiger partial charge in [-0.15, -0.1) is 0 Å². The van der Waals surface area contributed by atoms with Gasteiger partial charge in [0.05, 0.1) is 0 Å². The van der Waals surface area contributed by atoms with Crippen LogP contribution in [0.15, 0.2) is 60.2 Å². The minimum Gasteiger partial charge on any atom is -0.351 e. The topological polar surface area (TPSA) is 52.9 Å². The summed E-state index contributed by atoms with van der Waals surface area (Å²) in [6.07, 6.45) is 2.26. The molecule has 0 atom stereocenters. The molecule has 22 heavy (non-hydrogen) atoms. The van der Waals surface area contributed by atoms with Crippen LogP contribution in [0.4, 0.5) is 0 Å². The lowest BCUT2D eigenvalue weighted by Gasteiger charge is -2.04. The van der Waals surface area contributed by atoms with Crippen molar-refractivity contribution in [2.24, 2.45) is 0 Å². The Labute approximate surface area is 134 Å². The summed E-state index contributed by atoms with van der Waals surface area (Å²) < 4.78 is 0. The molecular weight excluding hydrogens is 296 g/mol. The van der Waals surface area contributed by atoms with Crippen molar-refractivity contribution in [3.63, 3.8) is 0 Å². The average Bonchev–Trinajstić information content (AvgIpc) is 2.53. The van der Waals surface area contributed by atoms with Gasteiger partial charge in [0.25, 0.3) is 5.91 Å². The Bertz CT molecular complexity index is 717. The molecule has 0 fully saturated rings. The van der Waals surface area contributed by atoms with Gasteiger partial charge in [-0.3, -0.25) is 4.79 Å². The van der Waals surface area contributed by atoms with Crippen molar-refractivity contribution >= 4 is 23.6 Å². The Balaban J connectivity index is 1.96. The molecule has 0 spiro atoms. The van der Waals surface area contributed by atoms with Gasteiger partial charge >= 0.3 is 0 Å². The van der Waals surface area contributed by atoms with E-state index in [1.807, 2.05) is 36.4 Å². The van der Waals surface area contributed by atoms with E-state index in [0.717, 1.165) is 17.5 Å². The van der Waals surface area contributed by atoms with Crippen LogP contribution in [0, 0.1) is 11.3 Å². The van der Waals surface area contributed by atoms with Gasteiger partial charge in [0.1, 0.15) is 11.6 Å². The number of nitriles is 1. The summed E-state index contributed by atoms with van der Waals surface area (Å²) in [6, 6.07) is 18.8. The Morgan fingerprint density at radius 2 is 1.95 bits per heavy atom. The third kappa shape index (κ3) is 4.76. The lowest BCUT2D eigenvalue weighted by Crippen LogP contribution is -2.26. The van der Waals surface area contributed by atoms with Crippen LogP contribution in [-0.2, 0) is 11.2 Å². The summed E-state index contributed by atoms with van der Waals surface area (Å²) in [7, 11) is 0. The molecule has 2 aromatic carbocycles. The quantitative estimate of drug-likeness (QED) is 0.677. The molecular formula is C18H15ClN2O. The van der Waals surface area contributed by atoms with E-state index in [4.69, 9.17) is 16.9 Å². The van der Waals surface area contributed by atoms with Gasteiger partial charge in [-0.25, -0.2) is 0 Å². The van der Waals surface area contributed by atoms with Crippen LogP contribution in [0.1, 0.15) is 11.1 Å². The molecule has 3 nitrogen and oxygen atoms in total. The summed E-state index contributed by atoms with van der Waals surface area (Å²) in [5.74, 6) is -0.376. The predicted molar refractivity (Wildman–Crippen MR) is 88.2 cm³/mol. The first kappa shape index (κ1) is 15.8. The molecule has 0 bridgehead atoms. The zero-order valence-corrected chi connectivity index (χ0v) is 12.7. The van der Waals surface area contributed by atoms with Gasteiger partial charge in [0.2, 0.25) is 0 Å². The minimum atomic E-state index is -0.376. The number of rotatable bonds is 5. The van der Waals surface area contributed by atoms with Crippen molar-refractivity contribution in [3.8, 4) is 6.07 Å². The smallest absolute Gasteiger partial charge is 0.261 e. The summed E-state index contributed by atoms with van der Waals surface area (Å²) in [6.45, 7) is 0.484. The molecule has 2 rings (SSSR count). The first-order chi connectivity index (χ1) is 10.7. The van der Waals surface area contributed by atoms with Crippen LogP contribution in [-0.4, -0.2) is 12.5 Å². The molecule has 0 saturated heterocycles. The van der Waals surface area contributed by atoms with E-state index in [0.29, 0.717) is 11.6 Å². The molecule has 110 valence electrons. The van der Waals surface area contributed by atoms with Crippen molar-refractivity contribution < 1.29 is 4.79 Å². The summed E-state index contributed by atoms with van der Waals surface area (Å²) in [5.41, 5.74) is 1.93. The molecule has 0 heterocycles. The van der Waals surface area contributed by atoms with Gasteiger partial charge in [0.15, 0.2) is 0 Å². The molecule has 0 aliphatic rings. The zero-order chi connectivity index (χ0) is 15.8. The number of carbonyl (C=O) groups is 1. The van der Waals surface area contributed by atoms with E-state index in [9.17, 15) is 4.79 Å². The largest absolute Gasteiger partial charge is 0.351 e. The van der Waals surface area contributed by atoms with Gasteiger partial charge in [-0.1, -0.05) is 54.1 Å². The van der Waals surface area contributed by atoms with E-state index < -0.39 is 0 Å². The van der Waals surface area contributed by atoms with Crippen LogP contribution < -0.4 is 5.32 Å². The lowest BCUT2D eigenvalue weighted by atomic mass is 10.1. The molecule has 0 saturated carbocycles. The number of halogens is 1. The number of nitrogens with one attached hydrogen (secondary N) is 1. The van der Waals surface area contributed by atoms with E-state index in [2.05, 4.69) is 5.32 Å². The third-order valence-corrected chi connectivity index (χ3v) is 3.30. The first-order valence-corrected chi connectivity index (χ1v) is 7.26. The fourth-order valence-electron chi connectivity index (χ4n) is 1.97. The number of benzene rings is 2. The fourth-order valence-corrected chi connectivity index (χ4v) is 2.17. The molecule has 0 aliphatic heterocycles. The second kappa shape index (κ2) is 8.02. The van der Waals surface area contributed by atoms with Crippen LogP contribution in [0.3, 0.4) is 0 Å². The third-order valence-electron chi connectivity index (χ3n) is 3.07. The maximum atomic E-state index is 12.0. The van der Waals surface area contributed by atoms with Crippen molar-refractivity contribution in [2.45, 2.75) is 6.42 Å². The number of hydrogen-bond donors (Lipinski definition) is 1. The standard InChI is InChI=1S/C18H15ClN2O/c19-17-8-4-7-15(12-17)11-16(13-20)18(22)21-10-9-14-5-2-1-3-6-14/h1-8,11-12H,9-10H2,(H,21,22)/b16-11+. The van der Waals surface area contributed by atoms with E-state index in [-0.39, 0.29) is 11.5 Å². The summed E-state index contributed by atoms with van der Waals surface area (Å²) >= 11 is 5.89. The van der Waals surface area contributed by atoms with Crippen LogP contribution in [0.2, 0.25) is 5.02 Å². The van der Waals surface area contributed by atoms with Gasteiger partial charge < -0.3 is 5.32 Å². The van der Waals surface area contributed by atoms with Crippen molar-refractivity contribution in [1.82, 2.24) is 5.32 Å². The molecule has 0 unspecified atom stereocenters. The molecule has 1 N–H and O–H groups in total. The molecule has 2 aromatic rings. The fraction of sp³-hybridized carbons (Fsp3) is 0.111. The molecule has 0 radical (unpaired) electrons. The molecule has 0 aliphatic carbocycles. The van der Waals surface area contributed by atoms with Crippen molar-refractivity contribution in [3.05, 3.63) is 76.3 Å². The second-order valence-corrected chi connectivity index (χ2v) is 5.15. The number of hydrogen-bond acceptors (Lipinski definition) is 2. The van der Waals surface area contributed by atoms with Crippen molar-refractivity contribution in [1.29, 1.82) is 5.26 Å². The number of amides is 1. The highest BCUT2D eigenvalue weighted by molar-refractivity contribution is 6.30. The predicted octanol–water partition coefficient (Wildman–Crippen LogP) is 3.61. The van der Waals surface area contributed by atoms with Gasteiger partial charge in [0, 0.05) is 11.6 Å². The lowest BCUT2D eigenvalue weighted by molar-refractivity contribution is -0.117. The Morgan fingerprint density at radius 1 is 1.18 bits per heavy atom. The average molecular weight is 311 g/mol. The summed E-state index contributed by atoms with van der Waals surface area (Å²) in [5, 5.41) is 12.5. The molecule has 1 amide bonds. The van der Waals surface area contributed by atoms with E-state index >= 15 is 0 Å². The SMILES string of the molecule is N#C/C(=C\c1cccc(Cl)c1)C(=O)NCCc1ccccc1. The van der Waals surface area contributed by atoms with Crippen LogP contribution >= 0.6 is 11.6 Å². The Hall–Kier alpha value is -2.57. The normalized spacial score (nSPS) is 10.8. The highest BCUT2D eigenvalue weighted by Gasteiger charge is 2.08. The molecule has 0 aromatic heterocycles. The molecule has 4 heteroatoms. The highest BCUT2D eigenvalue weighted by atomic mass is 35.5. The van der Waals surface area contributed by atoms with Gasteiger partial charge in [-0.2, -0.15) is 5.26 Å². The second-order valence-electron chi connectivity index (χ2n) is 4.72. The highest BCUT2D eigenvalue weighted by Crippen LogP contribution is 2.13. The van der Waals surface area contributed by atoms with E-state index in [1.54, 1.807) is 24.3 Å². The maximum absolute atomic E-state index is 12.0. The summed E-state index contributed by atoms with van der Waals surface area (Å²) in [4.78, 5) is 12.0. The Morgan fingerprint density at radius 3 is 2.64 bits per heavy atom. The monoisotopic (exact) mass is 310 g/mol. The number of carbonyl (C=O) groups excluding carboxylic acids is 1.